The maximum atomic E-state index is 13.2. The highest BCUT2D eigenvalue weighted by Crippen LogP contribution is 2.25. The Morgan fingerprint density at radius 3 is 2.73 bits per heavy atom. The number of thiophene rings is 1. The van der Waals surface area contributed by atoms with Crippen molar-refractivity contribution >= 4 is 28.7 Å². The summed E-state index contributed by atoms with van der Waals surface area (Å²) in [6.45, 7) is 5.30. The maximum Gasteiger partial charge on any atom is 0.239 e. The van der Waals surface area contributed by atoms with Crippen molar-refractivity contribution in [3.63, 3.8) is 0 Å². The van der Waals surface area contributed by atoms with Crippen molar-refractivity contribution in [3.05, 3.63) is 65.1 Å². The minimum absolute atomic E-state index is 0.234. The van der Waals surface area contributed by atoms with Crippen LogP contribution >= 0.6 is 11.3 Å². The Hall–Kier alpha value is -2.27. The number of allylic oxidation sites excluding steroid dienone is 1. The predicted octanol–water partition coefficient (Wildman–Crippen LogP) is 4.00. The second-order valence-corrected chi connectivity index (χ2v) is 5.70. The second kappa shape index (κ2) is 7.13. The van der Waals surface area contributed by atoms with Crippen molar-refractivity contribution in [2.24, 2.45) is 5.92 Å². The third-order valence-corrected chi connectivity index (χ3v) is 4.02. The molecule has 22 heavy (non-hydrogen) atoms. The first-order valence-electron chi connectivity index (χ1n) is 6.77. The van der Waals surface area contributed by atoms with Crippen molar-refractivity contribution in [3.8, 4) is 0 Å². The van der Waals surface area contributed by atoms with Crippen LogP contribution in [0.4, 0.5) is 10.1 Å². The minimum atomic E-state index is -0.928. The van der Waals surface area contributed by atoms with Gasteiger partial charge in [0.05, 0.1) is 0 Å². The van der Waals surface area contributed by atoms with Crippen molar-refractivity contribution in [2.45, 2.75) is 12.8 Å². The van der Waals surface area contributed by atoms with Crippen LogP contribution in [0.3, 0.4) is 0 Å². The summed E-state index contributed by atoms with van der Waals surface area (Å²) in [5.74, 6) is -2.52. The van der Waals surface area contributed by atoms with Gasteiger partial charge in [-0.2, -0.15) is 11.3 Å². The number of Topliss-reactive ketones (excluding diaryl/α,β-unsaturated/α-hetero) is 1. The molecular formula is C17H16FNO2S. The standard InChI is InChI=1S/C17H16FNO2S/c1-3-11(2)16(20)15(12-7-8-22-10-12)17(21)19-14-6-4-5-13(18)9-14/h3-11,15H,1H2,2H3,(H,19,21). The van der Waals surface area contributed by atoms with Gasteiger partial charge in [0, 0.05) is 11.6 Å². The van der Waals surface area contributed by atoms with Gasteiger partial charge in [0.2, 0.25) is 5.91 Å². The van der Waals surface area contributed by atoms with Crippen LogP contribution < -0.4 is 5.32 Å². The monoisotopic (exact) mass is 317 g/mol. The normalized spacial score (nSPS) is 13.2. The molecule has 0 bridgehead atoms. The summed E-state index contributed by atoms with van der Waals surface area (Å²) in [6, 6.07) is 7.32. The van der Waals surface area contributed by atoms with E-state index in [9.17, 15) is 14.0 Å². The van der Waals surface area contributed by atoms with Gasteiger partial charge in [-0.15, -0.1) is 6.58 Å². The van der Waals surface area contributed by atoms with Gasteiger partial charge in [-0.3, -0.25) is 9.59 Å². The van der Waals surface area contributed by atoms with Crippen LogP contribution in [0.15, 0.2) is 53.7 Å². The van der Waals surface area contributed by atoms with E-state index in [0.29, 0.717) is 11.3 Å². The third-order valence-electron chi connectivity index (χ3n) is 3.32. The summed E-state index contributed by atoms with van der Waals surface area (Å²) >= 11 is 1.41. The summed E-state index contributed by atoms with van der Waals surface area (Å²) in [5, 5.41) is 6.18. The fourth-order valence-corrected chi connectivity index (χ4v) is 2.73. The van der Waals surface area contributed by atoms with E-state index < -0.39 is 23.6 Å². The summed E-state index contributed by atoms with van der Waals surface area (Å²) in [5.41, 5.74) is 0.960. The zero-order valence-electron chi connectivity index (χ0n) is 12.1. The highest BCUT2D eigenvalue weighted by molar-refractivity contribution is 7.08. The summed E-state index contributed by atoms with van der Waals surface area (Å²) in [4.78, 5) is 25.0. The Morgan fingerprint density at radius 2 is 2.14 bits per heavy atom. The fourth-order valence-electron chi connectivity index (χ4n) is 2.04. The van der Waals surface area contributed by atoms with E-state index in [-0.39, 0.29) is 5.78 Å². The number of nitrogens with one attached hydrogen (secondary N) is 1. The number of hydrogen-bond donors (Lipinski definition) is 1. The lowest BCUT2D eigenvalue weighted by Crippen LogP contribution is -2.30. The molecule has 2 aromatic rings. The van der Waals surface area contributed by atoms with Crippen LogP contribution in [0.5, 0.6) is 0 Å². The van der Waals surface area contributed by atoms with Gasteiger partial charge in [-0.25, -0.2) is 4.39 Å². The summed E-state index contributed by atoms with van der Waals surface area (Å²) in [6.07, 6.45) is 1.51. The zero-order valence-corrected chi connectivity index (χ0v) is 12.9. The molecule has 2 atom stereocenters. The molecule has 1 aromatic heterocycles. The van der Waals surface area contributed by atoms with Crippen LogP contribution in [0.1, 0.15) is 18.4 Å². The van der Waals surface area contributed by atoms with Crippen molar-refractivity contribution in [1.82, 2.24) is 0 Å². The Bertz CT molecular complexity index is 682. The molecule has 0 aliphatic heterocycles. The van der Waals surface area contributed by atoms with Gasteiger partial charge in [0.15, 0.2) is 5.78 Å². The molecule has 2 rings (SSSR count). The molecule has 0 aliphatic rings. The molecule has 0 saturated heterocycles. The Labute approximate surface area is 132 Å². The number of hydrogen-bond acceptors (Lipinski definition) is 3. The highest BCUT2D eigenvalue weighted by Gasteiger charge is 2.31. The molecule has 1 aromatic carbocycles. The van der Waals surface area contributed by atoms with E-state index in [4.69, 9.17) is 0 Å². The van der Waals surface area contributed by atoms with Gasteiger partial charge in [0.25, 0.3) is 0 Å². The second-order valence-electron chi connectivity index (χ2n) is 4.92. The number of benzene rings is 1. The van der Waals surface area contributed by atoms with Crippen LogP contribution in [0, 0.1) is 11.7 Å². The molecule has 0 aliphatic carbocycles. The Kier molecular flexibility index (Phi) is 5.22. The number of ketones is 1. The van der Waals surface area contributed by atoms with Crippen LogP contribution in [-0.2, 0) is 9.59 Å². The lowest BCUT2D eigenvalue weighted by atomic mass is 9.89. The molecule has 0 spiro atoms. The molecule has 1 heterocycles. The van der Waals surface area contributed by atoms with Crippen molar-refractivity contribution in [2.75, 3.05) is 5.32 Å². The van der Waals surface area contributed by atoms with E-state index >= 15 is 0 Å². The first kappa shape index (κ1) is 16.1. The first-order valence-corrected chi connectivity index (χ1v) is 7.72. The molecule has 0 fully saturated rings. The SMILES string of the molecule is C=CC(C)C(=O)C(C(=O)Nc1cccc(F)c1)c1ccsc1. The van der Waals surface area contributed by atoms with Crippen molar-refractivity contribution < 1.29 is 14.0 Å². The Balaban J connectivity index is 2.27. The molecule has 1 N–H and O–H groups in total. The van der Waals surface area contributed by atoms with E-state index in [1.807, 2.05) is 5.38 Å². The van der Waals surface area contributed by atoms with Crippen LogP contribution in [-0.4, -0.2) is 11.7 Å². The number of amides is 1. The lowest BCUT2D eigenvalue weighted by Gasteiger charge is -2.17. The molecule has 114 valence electrons. The lowest BCUT2D eigenvalue weighted by molar-refractivity contribution is -0.129. The van der Waals surface area contributed by atoms with Gasteiger partial charge in [0.1, 0.15) is 11.7 Å². The number of anilines is 1. The van der Waals surface area contributed by atoms with Crippen molar-refractivity contribution in [1.29, 1.82) is 0 Å². The third kappa shape index (κ3) is 3.68. The quantitative estimate of drug-likeness (QED) is 0.646. The highest BCUT2D eigenvalue weighted by atomic mass is 32.1. The number of carbonyl (C=O) groups is 2. The Morgan fingerprint density at radius 1 is 1.36 bits per heavy atom. The predicted molar refractivity (Wildman–Crippen MR) is 86.5 cm³/mol. The zero-order chi connectivity index (χ0) is 16.1. The van der Waals surface area contributed by atoms with E-state index in [2.05, 4.69) is 11.9 Å². The van der Waals surface area contributed by atoms with Gasteiger partial charge in [-0.1, -0.05) is 19.1 Å². The largest absolute Gasteiger partial charge is 0.325 e. The smallest absolute Gasteiger partial charge is 0.239 e. The average molecular weight is 317 g/mol. The first-order chi connectivity index (χ1) is 10.5. The summed E-state index contributed by atoms with van der Waals surface area (Å²) < 4.78 is 13.2. The number of rotatable bonds is 6. The van der Waals surface area contributed by atoms with E-state index in [1.165, 1.54) is 35.6 Å². The summed E-state index contributed by atoms with van der Waals surface area (Å²) in [7, 11) is 0. The fraction of sp³-hybridized carbons (Fsp3) is 0.176. The van der Waals surface area contributed by atoms with Crippen LogP contribution in [0.25, 0.3) is 0 Å². The van der Waals surface area contributed by atoms with Gasteiger partial charge < -0.3 is 5.32 Å². The van der Waals surface area contributed by atoms with Crippen LogP contribution in [0.2, 0.25) is 0 Å². The average Bonchev–Trinajstić information content (AvgIpc) is 3.00. The molecule has 0 radical (unpaired) electrons. The van der Waals surface area contributed by atoms with E-state index in [1.54, 1.807) is 24.4 Å². The number of halogens is 1. The molecule has 5 heteroatoms. The minimum Gasteiger partial charge on any atom is -0.325 e. The molecule has 1 amide bonds. The topological polar surface area (TPSA) is 46.2 Å². The van der Waals surface area contributed by atoms with E-state index in [0.717, 1.165) is 0 Å². The molecule has 0 saturated carbocycles. The molecular weight excluding hydrogens is 301 g/mol. The maximum absolute atomic E-state index is 13.2. The van der Waals surface area contributed by atoms with Gasteiger partial charge in [-0.05, 0) is 40.6 Å². The molecule has 2 unspecified atom stereocenters. The molecule has 3 nitrogen and oxygen atoms in total. The number of carbonyl (C=O) groups excluding carboxylic acids is 2. The van der Waals surface area contributed by atoms with Gasteiger partial charge >= 0.3 is 0 Å².